The molecule has 0 amide bonds. The Morgan fingerprint density at radius 1 is 0.913 bits per heavy atom. The fourth-order valence-electron chi connectivity index (χ4n) is 2.41. The summed E-state index contributed by atoms with van der Waals surface area (Å²) >= 11 is 0. The molecular formula is C19H20N4. The molecule has 0 aliphatic rings. The number of aromatic nitrogens is 2. The predicted octanol–water partition coefficient (Wildman–Crippen LogP) is 4.60. The van der Waals surface area contributed by atoms with Crippen LogP contribution < -0.4 is 10.2 Å². The Morgan fingerprint density at radius 3 is 2.48 bits per heavy atom. The summed E-state index contributed by atoms with van der Waals surface area (Å²) in [6.07, 6.45) is 1.59. The molecule has 3 aromatic rings. The zero-order valence-corrected chi connectivity index (χ0v) is 13.6. The SMILES string of the molecule is Cc1cccc(Nc2cc(N(C)c3ccccc3)ncn2)c1C. The Morgan fingerprint density at radius 2 is 1.70 bits per heavy atom. The number of hydrogen-bond donors (Lipinski definition) is 1. The molecule has 0 unspecified atom stereocenters. The maximum absolute atomic E-state index is 4.37. The van der Waals surface area contributed by atoms with E-state index in [0.29, 0.717) is 0 Å². The van der Waals surface area contributed by atoms with Crippen LogP contribution in [-0.2, 0) is 0 Å². The second kappa shape index (κ2) is 6.48. The first-order valence-electron chi connectivity index (χ1n) is 7.59. The van der Waals surface area contributed by atoms with Gasteiger partial charge in [0.1, 0.15) is 18.0 Å². The van der Waals surface area contributed by atoms with Crippen molar-refractivity contribution in [2.24, 2.45) is 0 Å². The molecule has 0 atom stereocenters. The Labute approximate surface area is 136 Å². The summed E-state index contributed by atoms with van der Waals surface area (Å²) in [4.78, 5) is 10.7. The van der Waals surface area contributed by atoms with Crippen molar-refractivity contribution in [2.75, 3.05) is 17.3 Å². The molecule has 4 heteroatoms. The van der Waals surface area contributed by atoms with Crippen molar-refractivity contribution in [3.05, 3.63) is 72.1 Å². The summed E-state index contributed by atoms with van der Waals surface area (Å²) in [5.74, 6) is 1.63. The van der Waals surface area contributed by atoms with Crippen LogP contribution in [0.5, 0.6) is 0 Å². The fourth-order valence-corrected chi connectivity index (χ4v) is 2.41. The number of nitrogens with zero attached hydrogens (tertiary/aromatic N) is 3. The first kappa shape index (κ1) is 15.0. The lowest BCUT2D eigenvalue weighted by atomic mass is 10.1. The van der Waals surface area contributed by atoms with Gasteiger partial charge < -0.3 is 10.2 Å². The smallest absolute Gasteiger partial charge is 0.138 e. The number of anilines is 4. The molecule has 1 N–H and O–H groups in total. The number of para-hydroxylation sites is 1. The minimum absolute atomic E-state index is 0.784. The van der Waals surface area contributed by atoms with Gasteiger partial charge in [-0.1, -0.05) is 30.3 Å². The molecule has 0 saturated carbocycles. The van der Waals surface area contributed by atoms with Crippen molar-refractivity contribution in [3.8, 4) is 0 Å². The molecule has 0 radical (unpaired) electrons. The third kappa shape index (κ3) is 3.31. The second-order valence-corrected chi connectivity index (χ2v) is 5.53. The lowest BCUT2D eigenvalue weighted by Crippen LogP contribution is -2.11. The van der Waals surface area contributed by atoms with Gasteiger partial charge in [0.2, 0.25) is 0 Å². The topological polar surface area (TPSA) is 41.0 Å². The number of rotatable bonds is 4. The van der Waals surface area contributed by atoms with Gasteiger partial charge in [-0.25, -0.2) is 9.97 Å². The molecule has 0 fully saturated rings. The third-order valence-corrected chi connectivity index (χ3v) is 4.01. The minimum atomic E-state index is 0.784. The Kier molecular flexibility index (Phi) is 4.24. The van der Waals surface area contributed by atoms with Gasteiger partial charge in [0.05, 0.1) is 0 Å². The maximum atomic E-state index is 4.37. The normalized spacial score (nSPS) is 10.4. The van der Waals surface area contributed by atoms with Gasteiger partial charge in [-0.3, -0.25) is 0 Å². The molecule has 0 aliphatic heterocycles. The monoisotopic (exact) mass is 304 g/mol. The van der Waals surface area contributed by atoms with E-state index in [9.17, 15) is 0 Å². The highest BCUT2D eigenvalue weighted by atomic mass is 15.2. The second-order valence-electron chi connectivity index (χ2n) is 5.53. The van der Waals surface area contributed by atoms with Gasteiger partial charge in [0.15, 0.2) is 0 Å². The Hall–Kier alpha value is -2.88. The van der Waals surface area contributed by atoms with Crippen LogP contribution in [0, 0.1) is 13.8 Å². The molecule has 0 spiro atoms. The zero-order valence-electron chi connectivity index (χ0n) is 13.6. The van der Waals surface area contributed by atoms with E-state index in [0.717, 1.165) is 23.0 Å². The van der Waals surface area contributed by atoms with Crippen molar-refractivity contribution in [3.63, 3.8) is 0 Å². The molecule has 23 heavy (non-hydrogen) atoms. The standard InChI is InChI=1S/C19H20N4/c1-14-8-7-11-17(15(14)2)22-18-12-19(21-13-20-18)23(3)16-9-5-4-6-10-16/h4-13H,1-3H3,(H,20,21,22). The molecule has 4 nitrogen and oxygen atoms in total. The summed E-state index contributed by atoms with van der Waals surface area (Å²) in [6.45, 7) is 4.21. The van der Waals surface area contributed by atoms with Crippen LogP contribution in [0.3, 0.4) is 0 Å². The molecule has 2 aromatic carbocycles. The van der Waals surface area contributed by atoms with E-state index in [1.165, 1.54) is 11.1 Å². The third-order valence-electron chi connectivity index (χ3n) is 4.01. The van der Waals surface area contributed by atoms with E-state index in [2.05, 4.69) is 53.4 Å². The highest BCUT2D eigenvalue weighted by Gasteiger charge is 2.08. The fraction of sp³-hybridized carbons (Fsp3) is 0.158. The van der Waals surface area contributed by atoms with Crippen molar-refractivity contribution in [2.45, 2.75) is 13.8 Å². The van der Waals surface area contributed by atoms with E-state index in [4.69, 9.17) is 0 Å². The van der Waals surface area contributed by atoms with Crippen molar-refractivity contribution < 1.29 is 0 Å². The first-order valence-corrected chi connectivity index (χ1v) is 7.59. The number of benzene rings is 2. The van der Waals surface area contributed by atoms with Crippen molar-refractivity contribution >= 4 is 23.0 Å². The highest BCUT2D eigenvalue weighted by Crippen LogP contribution is 2.25. The van der Waals surface area contributed by atoms with Crippen LogP contribution in [0.1, 0.15) is 11.1 Å². The maximum Gasteiger partial charge on any atom is 0.138 e. The van der Waals surface area contributed by atoms with E-state index in [1.54, 1.807) is 6.33 Å². The summed E-state index contributed by atoms with van der Waals surface area (Å²) in [6, 6.07) is 18.3. The lowest BCUT2D eigenvalue weighted by Gasteiger charge is -2.19. The van der Waals surface area contributed by atoms with Gasteiger partial charge >= 0.3 is 0 Å². The van der Waals surface area contributed by atoms with Gasteiger partial charge in [0, 0.05) is 24.5 Å². The zero-order chi connectivity index (χ0) is 16.2. The highest BCUT2D eigenvalue weighted by molar-refractivity contribution is 5.66. The van der Waals surface area contributed by atoms with Gasteiger partial charge in [-0.2, -0.15) is 0 Å². The van der Waals surface area contributed by atoms with Crippen LogP contribution >= 0.6 is 0 Å². The largest absolute Gasteiger partial charge is 0.340 e. The quantitative estimate of drug-likeness (QED) is 0.764. The van der Waals surface area contributed by atoms with E-state index < -0.39 is 0 Å². The molecule has 0 saturated heterocycles. The first-order chi connectivity index (χ1) is 11.1. The number of aryl methyl sites for hydroxylation is 1. The molecule has 3 rings (SSSR count). The van der Waals surface area contributed by atoms with E-state index in [1.807, 2.05) is 42.3 Å². The van der Waals surface area contributed by atoms with E-state index >= 15 is 0 Å². The molecular weight excluding hydrogens is 284 g/mol. The molecule has 1 heterocycles. The summed E-state index contributed by atoms with van der Waals surface area (Å²) in [5, 5.41) is 3.38. The van der Waals surface area contributed by atoms with Crippen molar-refractivity contribution in [1.82, 2.24) is 9.97 Å². The van der Waals surface area contributed by atoms with Crippen molar-refractivity contribution in [1.29, 1.82) is 0 Å². The van der Waals surface area contributed by atoms with Crippen LogP contribution in [0.25, 0.3) is 0 Å². The number of nitrogens with one attached hydrogen (secondary N) is 1. The van der Waals surface area contributed by atoms with Gasteiger partial charge in [-0.05, 0) is 43.2 Å². The van der Waals surface area contributed by atoms with Crippen LogP contribution in [0.15, 0.2) is 60.9 Å². The van der Waals surface area contributed by atoms with Crippen LogP contribution in [0.4, 0.5) is 23.0 Å². The molecule has 0 bridgehead atoms. The molecule has 116 valence electrons. The Bertz CT molecular complexity index is 799. The van der Waals surface area contributed by atoms with Gasteiger partial charge in [0.25, 0.3) is 0 Å². The molecule has 1 aromatic heterocycles. The molecule has 0 aliphatic carbocycles. The summed E-state index contributed by atoms with van der Waals surface area (Å²) in [7, 11) is 2.00. The average molecular weight is 304 g/mol. The van der Waals surface area contributed by atoms with Crippen LogP contribution in [-0.4, -0.2) is 17.0 Å². The number of hydrogen-bond acceptors (Lipinski definition) is 4. The summed E-state index contributed by atoms with van der Waals surface area (Å²) in [5.41, 5.74) is 4.63. The lowest BCUT2D eigenvalue weighted by molar-refractivity contribution is 1.08. The Balaban J connectivity index is 1.87. The van der Waals surface area contributed by atoms with Gasteiger partial charge in [-0.15, -0.1) is 0 Å². The predicted molar refractivity (Wildman–Crippen MR) is 95.7 cm³/mol. The summed E-state index contributed by atoms with van der Waals surface area (Å²) < 4.78 is 0. The van der Waals surface area contributed by atoms with Crippen LogP contribution in [0.2, 0.25) is 0 Å². The minimum Gasteiger partial charge on any atom is -0.340 e. The average Bonchev–Trinajstić information content (AvgIpc) is 2.59. The van der Waals surface area contributed by atoms with E-state index in [-0.39, 0.29) is 0 Å².